The van der Waals surface area contributed by atoms with Crippen LogP contribution in [0.5, 0.6) is 0 Å². The Morgan fingerprint density at radius 3 is 2.60 bits per heavy atom. The van der Waals surface area contributed by atoms with Crippen LogP contribution in [-0.2, 0) is 17.7 Å². The van der Waals surface area contributed by atoms with Crippen molar-refractivity contribution in [3.05, 3.63) is 80.5 Å². The van der Waals surface area contributed by atoms with E-state index in [-0.39, 0.29) is 18.5 Å². The van der Waals surface area contributed by atoms with E-state index in [1.165, 1.54) is 21.6 Å². The minimum Gasteiger partial charge on any atom is -0.368 e. The van der Waals surface area contributed by atoms with E-state index in [0.717, 1.165) is 21.7 Å². The molecule has 7 heteroatoms. The highest BCUT2D eigenvalue weighted by Gasteiger charge is 2.15. The van der Waals surface area contributed by atoms with Crippen LogP contribution in [0.3, 0.4) is 0 Å². The molecule has 0 aliphatic carbocycles. The zero-order valence-electron chi connectivity index (χ0n) is 16.9. The molecule has 4 rings (SSSR count). The van der Waals surface area contributed by atoms with Gasteiger partial charge < -0.3 is 9.84 Å². The summed E-state index contributed by atoms with van der Waals surface area (Å²) in [6.07, 6.45) is -0.758. The summed E-state index contributed by atoms with van der Waals surface area (Å²) in [4.78, 5) is 17.7. The summed E-state index contributed by atoms with van der Waals surface area (Å²) in [6.45, 7) is 4.55. The van der Waals surface area contributed by atoms with E-state index >= 15 is 0 Å². The lowest BCUT2D eigenvalue weighted by Gasteiger charge is -2.13. The van der Waals surface area contributed by atoms with Crippen LogP contribution in [0.4, 0.5) is 0 Å². The third-order valence-corrected chi connectivity index (χ3v) is 5.69. The molecule has 0 amide bonds. The van der Waals surface area contributed by atoms with Gasteiger partial charge in [0.2, 0.25) is 0 Å². The molecule has 154 valence electrons. The Morgan fingerprint density at radius 2 is 1.87 bits per heavy atom. The summed E-state index contributed by atoms with van der Waals surface area (Å²) >= 11 is 1.50. The maximum absolute atomic E-state index is 13.0. The minimum atomic E-state index is -0.968. The number of aliphatic hydroxyl groups excluding tert-OH is 1. The topological polar surface area (TPSA) is 77.2 Å². The van der Waals surface area contributed by atoms with Crippen molar-refractivity contribution >= 4 is 22.1 Å². The van der Waals surface area contributed by atoms with E-state index in [9.17, 15) is 9.90 Å². The number of aliphatic hydroxyl groups is 1. The van der Waals surface area contributed by atoms with Gasteiger partial charge in [-0.1, -0.05) is 48.0 Å². The molecule has 0 radical (unpaired) electrons. The van der Waals surface area contributed by atoms with Gasteiger partial charge in [-0.15, -0.1) is 11.3 Å². The van der Waals surface area contributed by atoms with Gasteiger partial charge in [-0.05, 0) is 19.9 Å². The lowest BCUT2D eigenvalue weighted by molar-refractivity contribution is -0.0932. The standard InChI is InChI=1S/C23H23N3O3S/c1-3-29-22(27)12-19-17-6-4-5-7-18(17)23(28)26(25-19)13-21-24-20(14-30-21)16-10-8-15(2)9-11-16/h4-11,14,22,27H,3,12-13H2,1-2H3. The van der Waals surface area contributed by atoms with E-state index in [1.54, 1.807) is 6.07 Å². The Kier molecular flexibility index (Phi) is 6.03. The second-order valence-corrected chi connectivity index (χ2v) is 8.00. The Morgan fingerprint density at radius 1 is 1.13 bits per heavy atom. The first kappa shape index (κ1) is 20.4. The number of ether oxygens (including phenoxy) is 1. The Balaban J connectivity index is 1.68. The first-order valence-corrected chi connectivity index (χ1v) is 10.7. The summed E-state index contributed by atoms with van der Waals surface area (Å²) in [7, 11) is 0. The van der Waals surface area contributed by atoms with E-state index < -0.39 is 6.29 Å². The van der Waals surface area contributed by atoms with Gasteiger partial charge in [0, 0.05) is 29.4 Å². The zero-order chi connectivity index (χ0) is 21.1. The molecule has 30 heavy (non-hydrogen) atoms. The predicted molar refractivity (Wildman–Crippen MR) is 119 cm³/mol. The van der Waals surface area contributed by atoms with Crippen molar-refractivity contribution in [1.82, 2.24) is 14.8 Å². The summed E-state index contributed by atoms with van der Waals surface area (Å²) in [5, 5.41) is 18.7. The number of fused-ring (bicyclic) bond motifs is 1. The molecule has 2 aromatic heterocycles. The van der Waals surface area contributed by atoms with Crippen LogP contribution in [0.2, 0.25) is 0 Å². The maximum atomic E-state index is 13.0. The van der Waals surface area contributed by atoms with Crippen molar-refractivity contribution in [2.45, 2.75) is 33.1 Å². The largest absolute Gasteiger partial charge is 0.368 e. The van der Waals surface area contributed by atoms with Crippen LogP contribution in [0.15, 0.2) is 58.7 Å². The van der Waals surface area contributed by atoms with E-state index in [1.807, 2.05) is 49.6 Å². The fourth-order valence-corrected chi connectivity index (χ4v) is 4.13. The lowest BCUT2D eigenvalue weighted by atomic mass is 10.1. The number of hydrogen-bond acceptors (Lipinski definition) is 6. The molecule has 4 aromatic rings. The molecular weight excluding hydrogens is 398 g/mol. The van der Waals surface area contributed by atoms with Crippen molar-refractivity contribution in [3.8, 4) is 11.3 Å². The summed E-state index contributed by atoms with van der Waals surface area (Å²) in [6, 6.07) is 15.5. The molecular formula is C23H23N3O3S. The van der Waals surface area contributed by atoms with Crippen LogP contribution >= 0.6 is 11.3 Å². The van der Waals surface area contributed by atoms with E-state index in [2.05, 4.69) is 17.2 Å². The van der Waals surface area contributed by atoms with E-state index in [0.29, 0.717) is 17.7 Å². The zero-order valence-corrected chi connectivity index (χ0v) is 17.7. The highest BCUT2D eigenvalue weighted by molar-refractivity contribution is 7.09. The molecule has 0 aliphatic heterocycles. The number of rotatable bonds is 7. The molecule has 1 N–H and O–H groups in total. The molecule has 0 spiro atoms. The normalized spacial score (nSPS) is 12.4. The minimum absolute atomic E-state index is 0.174. The smallest absolute Gasteiger partial charge is 0.275 e. The first-order valence-electron chi connectivity index (χ1n) is 9.85. The van der Waals surface area contributed by atoms with Gasteiger partial charge in [0.25, 0.3) is 5.56 Å². The number of aryl methyl sites for hydroxylation is 1. The van der Waals surface area contributed by atoms with Crippen molar-refractivity contribution < 1.29 is 9.84 Å². The molecule has 0 aliphatic rings. The summed E-state index contributed by atoms with van der Waals surface area (Å²) in [5.41, 5.74) is 3.58. The third kappa shape index (κ3) is 4.33. The fraction of sp³-hybridized carbons (Fsp3) is 0.261. The molecule has 0 fully saturated rings. The number of nitrogens with zero attached hydrogens (tertiary/aromatic N) is 3. The third-order valence-electron chi connectivity index (χ3n) is 4.86. The van der Waals surface area contributed by atoms with Crippen molar-refractivity contribution in [3.63, 3.8) is 0 Å². The Labute approximate surface area is 178 Å². The quantitative estimate of drug-likeness (QED) is 0.460. The number of thiazole rings is 1. The summed E-state index contributed by atoms with van der Waals surface area (Å²) < 4.78 is 6.69. The fourth-order valence-electron chi connectivity index (χ4n) is 3.35. The SMILES string of the molecule is CCOC(O)Cc1nn(Cc2nc(-c3ccc(C)cc3)cs2)c(=O)c2ccccc12. The van der Waals surface area contributed by atoms with Gasteiger partial charge in [-0.25, -0.2) is 9.67 Å². The molecule has 0 saturated heterocycles. The lowest BCUT2D eigenvalue weighted by Crippen LogP contribution is -2.27. The average Bonchev–Trinajstić information content (AvgIpc) is 3.21. The molecule has 1 atom stereocenters. The molecule has 0 bridgehead atoms. The van der Waals surface area contributed by atoms with Crippen molar-refractivity contribution in [1.29, 1.82) is 0 Å². The number of hydrogen-bond donors (Lipinski definition) is 1. The summed E-state index contributed by atoms with van der Waals surface area (Å²) in [5.74, 6) is 0. The second kappa shape index (κ2) is 8.87. The van der Waals surface area contributed by atoms with Gasteiger partial charge in [0.15, 0.2) is 6.29 Å². The molecule has 2 heterocycles. The van der Waals surface area contributed by atoms with Crippen molar-refractivity contribution in [2.75, 3.05) is 6.61 Å². The van der Waals surface area contributed by atoms with Gasteiger partial charge in [0.05, 0.1) is 23.3 Å². The molecule has 1 unspecified atom stereocenters. The van der Waals surface area contributed by atoms with Crippen LogP contribution in [0, 0.1) is 6.92 Å². The molecule has 6 nitrogen and oxygen atoms in total. The van der Waals surface area contributed by atoms with Gasteiger partial charge in [-0.3, -0.25) is 4.79 Å². The average molecular weight is 422 g/mol. The van der Waals surface area contributed by atoms with Gasteiger partial charge in [0.1, 0.15) is 5.01 Å². The van der Waals surface area contributed by atoms with Crippen molar-refractivity contribution in [2.24, 2.45) is 0 Å². The number of benzene rings is 2. The highest BCUT2D eigenvalue weighted by atomic mass is 32.1. The Hall–Kier alpha value is -2.87. The molecule has 0 saturated carbocycles. The first-order chi connectivity index (χ1) is 14.5. The Bertz CT molecular complexity index is 1210. The molecule has 2 aromatic carbocycles. The number of aromatic nitrogens is 3. The van der Waals surface area contributed by atoms with Crippen LogP contribution in [-0.4, -0.2) is 32.8 Å². The highest BCUT2D eigenvalue weighted by Crippen LogP contribution is 2.23. The predicted octanol–water partition coefficient (Wildman–Crippen LogP) is 3.77. The van der Waals surface area contributed by atoms with Gasteiger partial charge >= 0.3 is 0 Å². The van der Waals surface area contributed by atoms with Crippen LogP contribution in [0.1, 0.15) is 23.2 Å². The van der Waals surface area contributed by atoms with Crippen LogP contribution < -0.4 is 5.56 Å². The van der Waals surface area contributed by atoms with Gasteiger partial charge in [-0.2, -0.15) is 5.10 Å². The second-order valence-electron chi connectivity index (χ2n) is 7.06. The van der Waals surface area contributed by atoms with Crippen LogP contribution in [0.25, 0.3) is 22.0 Å². The monoisotopic (exact) mass is 421 g/mol. The van der Waals surface area contributed by atoms with E-state index in [4.69, 9.17) is 9.72 Å². The maximum Gasteiger partial charge on any atom is 0.275 e.